The van der Waals surface area contributed by atoms with Gasteiger partial charge in [0.15, 0.2) is 0 Å². The molecular weight excluding hydrogens is 383 g/mol. The van der Waals surface area contributed by atoms with Gasteiger partial charge in [0, 0.05) is 24.7 Å². The van der Waals surface area contributed by atoms with E-state index in [2.05, 4.69) is 0 Å². The topological polar surface area (TPSA) is 92.5 Å². The molecule has 0 bridgehead atoms. The molecule has 1 atom stereocenters. The maximum Gasteiger partial charge on any atom is 0.405 e. The summed E-state index contributed by atoms with van der Waals surface area (Å²) in [5.41, 5.74) is 5.43. The van der Waals surface area contributed by atoms with Gasteiger partial charge in [0.1, 0.15) is 6.54 Å². The number of alkyl halides is 3. The first kappa shape index (κ1) is 21.7. The van der Waals surface area contributed by atoms with Crippen LogP contribution in [0.5, 0.6) is 0 Å². The van der Waals surface area contributed by atoms with E-state index in [4.69, 9.17) is 5.73 Å². The molecule has 0 radical (unpaired) electrons. The van der Waals surface area contributed by atoms with Crippen LogP contribution in [0.1, 0.15) is 23.2 Å². The van der Waals surface area contributed by atoms with E-state index in [0.29, 0.717) is 19.4 Å². The minimum Gasteiger partial charge on any atom is -0.343 e. The van der Waals surface area contributed by atoms with E-state index in [0.717, 1.165) is 6.07 Å². The fraction of sp³-hybridized carbons (Fsp3) is 0.500. The fourth-order valence-corrected chi connectivity index (χ4v) is 4.33. The molecular formula is C14H19ClF3N3O3S. The first-order chi connectivity index (χ1) is 11.1. The summed E-state index contributed by atoms with van der Waals surface area (Å²) in [4.78, 5) is 11.6. The van der Waals surface area contributed by atoms with Gasteiger partial charge in [-0.2, -0.15) is 17.5 Å². The Kier molecular flexibility index (Phi) is 7.24. The van der Waals surface area contributed by atoms with Gasteiger partial charge in [-0.3, -0.25) is 4.79 Å². The predicted molar refractivity (Wildman–Crippen MR) is 88.0 cm³/mol. The Bertz CT molecular complexity index is 713. The monoisotopic (exact) mass is 401 g/mol. The van der Waals surface area contributed by atoms with Crippen molar-refractivity contribution in [2.24, 2.45) is 5.73 Å². The summed E-state index contributed by atoms with van der Waals surface area (Å²) in [5, 5.41) is 1.71. The molecule has 0 aromatic heterocycles. The lowest BCUT2D eigenvalue weighted by Gasteiger charge is -2.23. The van der Waals surface area contributed by atoms with Gasteiger partial charge in [-0.15, -0.1) is 12.4 Å². The van der Waals surface area contributed by atoms with Gasteiger partial charge in [0.05, 0.1) is 4.90 Å². The van der Waals surface area contributed by atoms with Crippen molar-refractivity contribution >= 4 is 28.3 Å². The largest absolute Gasteiger partial charge is 0.405 e. The zero-order valence-corrected chi connectivity index (χ0v) is 14.8. The second kappa shape index (κ2) is 8.35. The van der Waals surface area contributed by atoms with Crippen LogP contribution in [0.2, 0.25) is 0 Å². The average Bonchev–Trinajstić information content (AvgIpc) is 3.01. The van der Waals surface area contributed by atoms with Crippen LogP contribution in [0.25, 0.3) is 0 Å². The molecule has 1 saturated heterocycles. The molecule has 1 fully saturated rings. The predicted octanol–water partition coefficient (Wildman–Crippen LogP) is 1.51. The molecule has 3 N–H and O–H groups in total. The molecule has 2 rings (SSSR count). The highest BCUT2D eigenvalue weighted by atomic mass is 35.5. The molecule has 0 aliphatic carbocycles. The van der Waals surface area contributed by atoms with Gasteiger partial charge in [-0.05, 0) is 31.0 Å². The number of amides is 1. The number of halogens is 4. The van der Waals surface area contributed by atoms with E-state index in [-0.39, 0.29) is 35.5 Å². The number of nitrogens with two attached hydrogens (primary N) is 1. The molecule has 1 aliphatic rings. The quantitative estimate of drug-likeness (QED) is 0.782. The van der Waals surface area contributed by atoms with Crippen LogP contribution in [-0.2, 0) is 10.0 Å². The van der Waals surface area contributed by atoms with Crippen molar-refractivity contribution in [3.63, 3.8) is 0 Å². The van der Waals surface area contributed by atoms with Gasteiger partial charge in [0.25, 0.3) is 5.91 Å². The molecule has 142 valence electrons. The second-order valence-electron chi connectivity index (χ2n) is 5.47. The molecule has 1 heterocycles. The van der Waals surface area contributed by atoms with E-state index < -0.39 is 28.7 Å². The highest BCUT2D eigenvalue weighted by molar-refractivity contribution is 7.89. The number of benzene rings is 1. The Hall–Kier alpha value is -1.36. The molecule has 1 aliphatic heterocycles. The van der Waals surface area contributed by atoms with Gasteiger partial charge < -0.3 is 11.1 Å². The summed E-state index contributed by atoms with van der Waals surface area (Å²) >= 11 is 0. The molecule has 1 aromatic rings. The highest BCUT2D eigenvalue weighted by Crippen LogP contribution is 2.26. The Balaban J connectivity index is 0.00000312. The molecule has 11 heteroatoms. The highest BCUT2D eigenvalue weighted by Gasteiger charge is 2.34. The third kappa shape index (κ3) is 5.30. The molecule has 25 heavy (non-hydrogen) atoms. The summed E-state index contributed by atoms with van der Waals surface area (Å²) < 4.78 is 63.1. The Morgan fingerprint density at radius 3 is 2.64 bits per heavy atom. The first-order valence-electron chi connectivity index (χ1n) is 7.32. The van der Waals surface area contributed by atoms with Gasteiger partial charge >= 0.3 is 6.18 Å². The lowest BCUT2D eigenvalue weighted by molar-refractivity contribution is -0.123. The van der Waals surface area contributed by atoms with Crippen molar-refractivity contribution < 1.29 is 26.4 Å². The molecule has 1 amide bonds. The molecule has 1 aromatic carbocycles. The lowest BCUT2D eigenvalue weighted by Crippen LogP contribution is -2.40. The molecule has 0 spiro atoms. The zero-order valence-electron chi connectivity index (χ0n) is 13.1. The second-order valence-corrected chi connectivity index (χ2v) is 7.36. The van der Waals surface area contributed by atoms with Crippen molar-refractivity contribution in [3.05, 3.63) is 29.8 Å². The zero-order chi connectivity index (χ0) is 18.0. The van der Waals surface area contributed by atoms with Gasteiger partial charge in [-0.25, -0.2) is 8.42 Å². The van der Waals surface area contributed by atoms with E-state index in [1.165, 1.54) is 22.5 Å². The summed E-state index contributed by atoms with van der Waals surface area (Å²) in [7, 11) is -3.85. The number of carbonyl (C=O) groups is 1. The number of rotatable bonds is 5. The molecule has 1 unspecified atom stereocenters. The minimum atomic E-state index is -4.54. The number of sulfonamides is 1. The van der Waals surface area contributed by atoms with Crippen LogP contribution < -0.4 is 11.1 Å². The standard InChI is InChI=1S/C14H18F3N3O3S.ClH/c15-14(16,17)9-19-13(21)10-3-1-5-12(7-10)24(22,23)20-6-2-4-11(20)8-18;/h1,3,5,7,11H,2,4,6,8-9,18H2,(H,19,21);1H. The SMILES string of the molecule is Cl.NCC1CCCN1S(=O)(=O)c1cccc(C(=O)NCC(F)(F)F)c1. The maximum atomic E-state index is 12.7. The van der Waals surface area contributed by atoms with Crippen LogP contribution in [0.4, 0.5) is 13.2 Å². The Morgan fingerprint density at radius 1 is 1.36 bits per heavy atom. The number of hydrogen-bond acceptors (Lipinski definition) is 4. The van der Waals surface area contributed by atoms with E-state index in [1.807, 2.05) is 0 Å². The van der Waals surface area contributed by atoms with Crippen LogP contribution in [0, 0.1) is 0 Å². The first-order valence-corrected chi connectivity index (χ1v) is 8.76. The van der Waals surface area contributed by atoms with Gasteiger partial charge in [-0.1, -0.05) is 6.07 Å². The minimum absolute atomic E-state index is 0. The number of nitrogens with one attached hydrogen (secondary N) is 1. The average molecular weight is 402 g/mol. The van der Waals surface area contributed by atoms with Crippen LogP contribution in [-0.4, -0.2) is 50.5 Å². The number of nitrogens with zero attached hydrogens (tertiary/aromatic N) is 1. The fourth-order valence-electron chi connectivity index (χ4n) is 2.58. The summed E-state index contributed by atoms with van der Waals surface area (Å²) in [5.74, 6) is -0.985. The van der Waals surface area contributed by atoms with Crippen molar-refractivity contribution in [2.45, 2.75) is 30.0 Å². The van der Waals surface area contributed by atoms with E-state index >= 15 is 0 Å². The summed E-state index contributed by atoms with van der Waals surface area (Å²) in [6.07, 6.45) is -3.20. The van der Waals surface area contributed by atoms with Crippen molar-refractivity contribution in [2.75, 3.05) is 19.6 Å². The molecule has 0 saturated carbocycles. The van der Waals surface area contributed by atoms with Crippen LogP contribution in [0.3, 0.4) is 0 Å². The van der Waals surface area contributed by atoms with Gasteiger partial charge in [0.2, 0.25) is 10.0 Å². The van der Waals surface area contributed by atoms with Crippen molar-refractivity contribution in [1.82, 2.24) is 9.62 Å². The summed E-state index contributed by atoms with van der Waals surface area (Å²) in [6, 6.07) is 4.66. The smallest absolute Gasteiger partial charge is 0.343 e. The Morgan fingerprint density at radius 2 is 2.04 bits per heavy atom. The van der Waals surface area contributed by atoms with Crippen molar-refractivity contribution in [1.29, 1.82) is 0 Å². The number of hydrogen-bond donors (Lipinski definition) is 2. The normalized spacial score (nSPS) is 18.6. The third-order valence-electron chi connectivity index (χ3n) is 3.75. The van der Waals surface area contributed by atoms with Crippen LogP contribution in [0.15, 0.2) is 29.2 Å². The molecule has 6 nitrogen and oxygen atoms in total. The van der Waals surface area contributed by atoms with E-state index in [9.17, 15) is 26.4 Å². The summed E-state index contributed by atoms with van der Waals surface area (Å²) in [6.45, 7) is -0.968. The number of carbonyl (C=O) groups excluding carboxylic acids is 1. The van der Waals surface area contributed by atoms with Crippen LogP contribution >= 0.6 is 12.4 Å². The Labute approximate surface area is 150 Å². The van der Waals surface area contributed by atoms with Crippen molar-refractivity contribution in [3.8, 4) is 0 Å². The lowest BCUT2D eigenvalue weighted by atomic mass is 10.2. The third-order valence-corrected chi connectivity index (χ3v) is 5.70. The van der Waals surface area contributed by atoms with E-state index in [1.54, 1.807) is 5.32 Å². The maximum absolute atomic E-state index is 12.7.